The van der Waals surface area contributed by atoms with E-state index in [1.807, 2.05) is 18.2 Å². The molecule has 2 N–H and O–H groups in total. The molecule has 0 aliphatic rings. The summed E-state index contributed by atoms with van der Waals surface area (Å²) in [5, 5.41) is 6.18. The van der Waals surface area contributed by atoms with Crippen LogP contribution in [-0.4, -0.2) is 37.4 Å². The van der Waals surface area contributed by atoms with Gasteiger partial charge in [0.05, 0.1) is 17.1 Å². The van der Waals surface area contributed by atoms with Gasteiger partial charge in [0, 0.05) is 29.9 Å². The number of carbonyl (C=O) groups excluding carboxylic acids is 2. The minimum absolute atomic E-state index is 0.0607. The topological polar surface area (TPSA) is 61.4 Å². The fraction of sp³-hybridized carbons (Fsp3) is 0.222. The van der Waals surface area contributed by atoms with Crippen LogP contribution in [0.15, 0.2) is 42.5 Å². The lowest BCUT2D eigenvalue weighted by Crippen LogP contribution is -2.36. The van der Waals surface area contributed by atoms with E-state index in [-0.39, 0.29) is 18.4 Å². The second-order valence-corrected chi connectivity index (χ2v) is 7.30. The smallest absolute Gasteiger partial charge is 0.253 e. The number of nitrogens with zero attached hydrogens (tertiary/aromatic N) is 1. The number of rotatable bonds is 6. The standard InChI is InChI=1S/C18H19ClIN3O2/c1-23(2)17(24)11-22-18(25)15-7-6-14(9-16(15)19)21-10-12-4-3-5-13(20)8-12/h3-9,21H,10-11H2,1-2H3,(H,22,25). The van der Waals surface area contributed by atoms with Crippen molar-refractivity contribution >= 4 is 51.7 Å². The van der Waals surface area contributed by atoms with Crippen molar-refractivity contribution in [3.8, 4) is 0 Å². The Balaban J connectivity index is 1.97. The molecule has 0 saturated heterocycles. The number of hydrogen-bond acceptors (Lipinski definition) is 3. The van der Waals surface area contributed by atoms with Crippen LogP contribution >= 0.6 is 34.2 Å². The highest BCUT2D eigenvalue weighted by Crippen LogP contribution is 2.21. The largest absolute Gasteiger partial charge is 0.381 e. The number of halogens is 2. The maximum atomic E-state index is 12.1. The van der Waals surface area contributed by atoms with Gasteiger partial charge in [-0.25, -0.2) is 0 Å². The summed E-state index contributed by atoms with van der Waals surface area (Å²) in [5.74, 6) is -0.551. The van der Waals surface area contributed by atoms with Gasteiger partial charge in [-0.15, -0.1) is 0 Å². The van der Waals surface area contributed by atoms with E-state index in [2.05, 4.69) is 39.3 Å². The molecule has 0 aliphatic heterocycles. The Labute approximate surface area is 165 Å². The van der Waals surface area contributed by atoms with E-state index in [1.165, 1.54) is 8.47 Å². The first-order valence-corrected chi connectivity index (χ1v) is 9.08. The first-order chi connectivity index (χ1) is 11.9. The van der Waals surface area contributed by atoms with Crippen molar-refractivity contribution in [3.63, 3.8) is 0 Å². The van der Waals surface area contributed by atoms with Crippen molar-refractivity contribution in [2.24, 2.45) is 0 Å². The van der Waals surface area contributed by atoms with E-state index >= 15 is 0 Å². The average molecular weight is 472 g/mol. The zero-order chi connectivity index (χ0) is 18.4. The maximum Gasteiger partial charge on any atom is 0.253 e. The van der Waals surface area contributed by atoms with E-state index in [1.54, 1.807) is 32.3 Å². The van der Waals surface area contributed by atoms with Crippen LogP contribution in [0.2, 0.25) is 5.02 Å². The molecular weight excluding hydrogens is 453 g/mol. The first kappa shape index (κ1) is 19.5. The Morgan fingerprint density at radius 1 is 1.16 bits per heavy atom. The molecule has 5 nitrogen and oxygen atoms in total. The molecule has 0 bridgehead atoms. The number of likely N-dealkylation sites (N-methyl/N-ethyl adjacent to an activating group) is 1. The minimum Gasteiger partial charge on any atom is -0.381 e. The predicted octanol–water partition coefficient (Wildman–Crippen LogP) is 3.37. The highest BCUT2D eigenvalue weighted by atomic mass is 127. The lowest BCUT2D eigenvalue weighted by molar-refractivity contribution is -0.127. The number of carbonyl (C=O) groups is 2. The van der Waals surface area contributed by atoms with Gasteiger partial charge in [0.1, 0.15) is 0 Å². The van der Waals surface area contributed by atoms with E-state index in [4.69, 9.17) is 11.6 Å². The highest BCUT2D eigenvalue weighted by molar-refractivity contribution is 14.1. The molecule has 0 saturated carbocycles. The first-order valence-electron chi connectivity index (χ1n) is 7.63. The van der Waals surface area contributed by atoms with E-state index in [0.29, 0.717) is 17.1 Å². The molecule has 0 aliphatic carbocycles. The fourth-order valence-electron chi connectivity index (χ4n) is 2.07. The molecule has 7 heteroatoms. The van der Waals surface area contributed by atoms with Crippen molar-refractivity contribution in [2.45, 2.75) is 6.54 Å². The summed E-state index contributed by atoms with van der Waals surface area (Å²) >= 11 is 8.48. The monoisotopic (exact) mass is 471 g/mol. The summed E-state index contributed by atoms with van der Waals surface area (Å²) in [6, 6.07) is 13.3. The molecule has 2 aromatic rings. The molecule has 25 heavy (non-hydrogen) atoms. The van der Waals surface area contributed by atoms with Gasteiger partial charge < -0.3 is 15.5 Å². The van der Waals surface area contributed by atoms with Gasteiger partial charge in [0.2, 0.25) is 5.91 Å². The molecular formula is C18H19ClIN3O2. The fourth-order valence-corrected chi connectivity index (χ4v) is 2.94. The minimum atomic E-state index is -0.371. The third-order valence-corrected chi connectivity index (χ3v) is 4.48. The Morgan fingerprint density at radius 2 is 1.92 bits per heavy atom. The number of anilines is 1. The van der Waals surface area contributed by atoms with Gasteiger partial charge >= 0.3 is 0 Å². The third kappa shape index (κ3) is 5.89. The Kier molecular flexibility index (Phi) is 7.07. The summed E-state index contributed by atoms with van der Waals surface area (Å²) in [6.45, 7) is 0.602. The van der Waals surface area contributed by atoms with Crippen molar-refractivity contribution in [1.82, 2.24) is 10.2 Å². The zero-order valence-electron chi connectivity index (χ0n) is 14.0. The summed E-state index contributed by atoms with van der Waals surface area (Å²) < 4.78 is 1.18. The number of amides is 2. The molecule has 2 rings (SSSR count). The Bertz CT molecular complexity index is 781. The molecule has 0 unspecified atom stereocenters. The molecule has 0 fully saturated rings. The maximum absolute atomic E-state index is 12.1. The summed E-state index contributed by atoms with van der Waals surface area (Å²) in [4.78, 5) is 25.1. The normalized spacial score (nSPS) is 10.2. The molecule has 0 aromatic heterocycles. The quantitative estimate of drug-likeness (QED) is 0.635. The molecule has 0 heterocycles. The van der Waals surface area contributed by atoms with E-state index in [9.17, 15) is 9.59 Å². The molecule has 2 aromatic carbocycles. The SMILES string of the molecule is CN(C)C(=O)CNC(=O)c1ccc(NCc2cccc(I)c2)cc1Cl. The highest BCUT2D eigenvalue weighted by Gasteiger charge is 2.13. The van der Waals surface area contributed by atoms with Crippen molar-refractivity contribution < 1.29 is 9.59 Å². The van der Waals surface area contributed by atoms with Crippen molar-refractivity contribution in [3.05, 3.63) is 62.2 Å². The third-order valence-electron chi connectivity index (χ3n) is 3.50. The predicted molar refractivity (Wildman–Crippen MR) is 109 cm³/mol. The van der Waals surface area contributed by atoms with E-state index in [0.717, 1.165) is 11.3 Å². The van der Waals surface area contributed by atoms with Gasteiger partial charge in [-0.1, -0.05) is 23.7 Å². The Hall–Kier alpha value is -1.80. The van der Waals surface area contributed by atoms with E-state index < -0.39 is 0 Å². The van der Waals surface area contributed by atoms with Crippen LogP contribution in [0.5, 0.6) is 0 Å². The van der Waals surface area contributed by atoms with Gasteiger partial charge in [-0.05, 0) is 58.5 Å². The average Bonchev–Trinajstić information content (AvgIpc) is 2.57. The Morgan fingerprint density at radius 3 is 2.56 bits per heavy atom. The van der Waals surface area contributed by atoms with Crippen molar-refractivity contribution in [2.75, 3.05) is 26.0 Å². The molecule has 0 atom stereocenters. The lowest BCUT2D eigenvalue weighted by Gasteiger charge is -2.12. The van der Waals surface area contributed by atoms with Gasteiger partial charge in [0.25, 0.3) is 5.91 Å². The lowest BCUT2D eigenvalue weighted by atomic mass is 10.1. The number of benzene rings is 2. The summed E-state index contributed by atoms with van der Waals surface area (Å²) in [7, 11) is 3.27. The summed E-state index contributed by atoms with van der Waals surface area (Å²) in [6.07, 6.45) is 0. The van der Waals surface area contributed by atoms with Crippen LogP contribution in [-0.2, 0) is 11.3 Å². The van der Waals surface area contributed by atoms with Crippen molar-refractivity contribution in [1.29, 1.82) is 0 Å². The second kappa shape index (κ2) is 9.05. The molecule has 2 amide bonds. The molecule has 132 valence electrons. The zero-order valence-corrected chi connectivity index (χ0v) is 16.9. The molecule has 0 spiro atoms. The van der Waals surface area contributed by atoms with Crippen LogP contribution in [0.4, 0.5) is 5.69 Å². The van der Waals surface area contributed by atoms with Gasteiger partial charge in [-0.3, -0.25) is 9.59 Å². The van der Waals surface area contributed by atoms with Gasteiger partial charge in [-0.2, -0.15) is 0 Å². The molecule has 0 radical (unpaired) electrons. The summed E-state index contributed by atoms with van der Waals surface area (Å²) in [5.41, 5.74) is 2.32. The van der Waals surface area contributed by atoms with Crippen LogP contribution in [0.3, 0.4) is 0 Å². The second-order valence-electron chi connectivity index (χ2n) is 5.65. The van der Waals surface area contributed by atoms with Gasteiger partial charge in [0.15, 0.2) is 0 Å². The number of nitrogens with one attached hydrogen (secondary N) is 2. The van der Waals surface area contributed by atoms with Crippen LogP contribution in [0, 0.1) is 3.57 Å². The van der Waals surface area contributed by atoms with Crippen LogP contribution < -0.4 is 10.6 Å². The number of hydrogen-bond donors (Lipinski definition) is 2. The van der Waals surface area contributed by atoms with Crippen LogP contribution in [0.1, 0.15) is 15.9 Å². The van der Waals surface area contributed by atoms with Crippen LogP contribution in [0.25, 0.3) is 0 Å².